The minimum atomic E-state index is -1.01. The molecule has 0 aliphatic rings. The zero-order valence-corrected chi connectivity index (χ0v) is 12.6. The quantitative estimate of drug-likeness (QED) is 0.751. The molecule has 1 heterocycles. The fourth-order valence-corrected chi connectivity index (χ4v) is 1.89. The van der Waals surface area contributed by atoms with E-state index in [1.807, 2.05) is 6.92 Å². The molecule has 0 saturated heterocycles. The molecule has 1 atom stereocenters. The summed E-state index contributed by atoms with van der Waals surface area (Å²) >= 11 is 5.94. The number of hydrogen-bond acceptors (Lipinski definition) is 4. The summed E-state index contributed by atoms with van der Waals surface area (Å²) in [6.45, 7) is 1.70. The molecule has 0 aliphatic heterocycles. The van der Waals surface area contributed by atoms with Crippen molar-refractivity contribution in [2.75, 3.05) is 11.9 Å². The Morgan fingerprint density at radius 1 is 1.32 bits per heavy atom. The second-order valence-electron chi connectivity index (χ2n) is 4.66. The van der Waals surface area contributed by atoms with Crippen molar-refractivity contribution in [3.8, 4) is 0 Å². The highest BCUT2D eigenvalue weighted by Gasteiger charge is 2.17. The van der Waals surface area contributed by atoms with Gasteiger partial charge < -0.3 is 20.2 Å². The van der Waals surface area contributed by atoms with E-state index >= 15 is 0 Å². The first-order valence-corrected chi connectivity index (χ1v) is 6.92. The van der Waals surface area contributed by atoms with Crippen LogP contribution in [0.5, 0.6) is 0 Å². The van der Waals surface area contributed by atoms with Gasteiger partial charge in [0.05, 0.1) is 12.8 Å². The first-order valence-electron chi connectivity index (χ1n) is 6.54. The first kappa shape index (κ1) is 16.1. The van der Waals surface area contributed by atoms with Crippen molar-refractivity contribution in [2.24, 2.45) is 0 Å². The highest BCUT2D eigenvalue weighted by atomic mass is 35.5. The summed E-state index contributed by atoms with van der Waals surface area (Å²) in [5.74, 6) is -1.39. The summed E-state index contributed by atoms with van der Waals surface area (Å²) in [4.78, 5) is 23.4. The van der Waals surface area contributed by atoms with E-state index in [2.05, 4.69) is 10.6 Å². The molecular weight excluding hydrogens is 308 g/mol. The Bertz CT molecular complexity index is 670. The fraction of sp³-hybridized carbons (Fsp3) is 0.200. The highest BCUT2D eigenvalue weighted by molar-refractivity contribution is 6.39. The molecule has 2 amide bonds. The second kappa shape index (κ2) is 7.11. The maximum atomic E-state index is 11.7. The lowest BCUT2D eigenvalue weighted by molar-refractivity contribution is -0.136. The van der Waals surface area contributed by atoms with Gasteiger partial charge in [-0.2, -0.15) is 0 Å². The lowest BCUT2D eigenvalue weighted by atomic mass is 10.2. The number of hydrogen-bond donors (Lipinski definition) is 3. The summed E-state index contributed by atoms with van der Waals surface area (Å²) < 4.78 is 4.99. The van der Waals surface area contributed by atoms with Crippen LogP contribution in [-0.4, -0.2) is 23.5 Å². The SMILES string of the molecule is Cc1ccc(NC(=O)C(=O)NCC(O)c2ccco2)cc1Cl. The Morgan fingerprint density at radius 3 is 2.73 bits per heavy atom. The van der Waals surface area contributed by atoms with Gasteiger partial charge >= 0.3 is 11.8 Å². The zero-order valence-electron chi connectivity index (χ0n) is 11.8. The van der Waals surface area contributed by atoms with Crippen molar-refractivity contribution in [3.63, 3.8) is 0 Å². The van der Waals surface area contributed by atoms with Crippen molar-refractivity contribution < 1.29 is 19.1 Å². The van der Waals surface area contributed by atoms with E-state index < -0.39 is 17.9 Å². The number of amides is 2. The molecule has 0 radical (unpaired) electrons. The van der Waals surface area contributed by atoms with Crippen LogP contribution in [-0.2, 0) is 9.59 Å². The van der Waals surface area contributed by atoms with Crippen LogP contribution in [0, 0.1) is 6.92 Å². The monoisotopic (exact) mass is 322 g/mol. The van der Waals surface area contributed by atoms with Crippen LogP contribution < -0.4 is 10.6 Å². The Morgan fingerprint density at radius 2 is 2.09 bits per heavy atom. The first-order chi connectivity index (χ1) is 10.5. The Kier molecular flexibility index (Phi) is 5.19. The molecule has 7 heteroatoms. The van der Waals surface area contributed by atoms with Gasteiger partial charge in [-0.3, -0.25) is 9.59 Å². The number of nitrogens with one attached hydrogen (secondary N) is 2. The van der Waals surface area contributed by atoms with Gasteiger partial charge in [-0.15, -0.1) is 0 Å². The Balaban J connectivity index is 1.86. The largest absolute Gasteiger partial charge is 0.467 e. The number of furan rings is 1. The summed E-state index contributed by atoms with van der Waals surface area (Å²) in [5, 5.41) is 15.0. The van der Waals surface area contributed by atoms with Crippen LogP contribution >= 0.6 is 11.6 Å². The number of aliphatic hydroxyl groups is 1. The van der Waals surface area contributed by atoms with Crippen molar-refractivity contribution in [1.82, 2.24) is 5.32 Å². The normalized spacial score (nSPS) is 11.8. The molecular formula is C15H15ClN2O4. The number of carbonyl (C=O) groups is 2. The summed E-state index contributed by atoms with van der Waals surface area (Å²) in [7, 11) is 0. The van der Waals surface area contributed by atoms with E-state index in [1.54, 1.807) is 30.3 Å². The van der Waals surface area contributed by atoms with Gasteiger partial charge in [0.25, 0.3) is 0 Å². The third-order valence-corrected chi connectivity index (χ3v) is 3.37. The van der Waals surface area contributed by atoms with E-state index in [4.69, 9.17) is 16.0 Å². The lowest BCUT2D eigenvalue weighted by Crippen LogP contribution is -2.37. The van der Waals surface area contributed by atoms with Crippen LogP contribution in [0.4, 0.5) is 5.69 Å². The number of anilines is 1. The van der Waals surface area contributed by atoms with Crippen LogP contribution in [0.3, 0.4) is 0 Å². The number of benzene rings is 1. The number of rotatable bonds is 4. The Hall–Kier alpha value is -2.31. The van der Waals surface area contributed by atoms with E-state index in [0.717, 1.165) is 5.56 Å². The topological polar surface area (TPSA) is 91.6 Å². The fourth-order valence-electron chi connectivity index (χ4n) is 1.71. The molecule has 3 N–H and O–H groups in total. The number of halogens is 1. The van der Waals surface area contributed by atoms with Crippen molar-refractivity contribution in [1.29, 1.82) is 0 Å². The van der Waals surface area contributed by atoms with Crippen LogP contribution in [0.25, 0.3) is 0 Å². The van der Waals surface area contributed by atoms with Gasteiger partial charge in [0.1, 0.15) is 11.9 Å². The highest BCUT2D eigenvalue weighted by Crippen LogP contribution is 2.19. The molecule has 22 heavy (non-hydrogen) atoms. The van der Waals surface area contributed by atoms with Gasteiger partial charge in [-0.1, -0.05) is 17.7 Å². The van der Waals surface area contributed by atoms with Crippen molar-refractivity contribution >= 4 is 29.1 Å². The van der Waals surface area contributed by atoms with E-state index in [-0.39, 0.29) is 6.54 Å². The van der Waals surface area contributed by atoms with Crippen LogP contribution in [0.15, 0.2) is 41.0 Å². The summed E-state index contributed by atoms with van der Waals surface area (Å²) in [6, 6.07) is 8.12. The molecule has 6 nitrogen and oxygen atoms in total. The molecule has 1 unspecified atom stereocenters. The zero-order chi connectivity index (χ0) is 16.1. The summed E-state index contributed by atoms with van der Waals surface area (Å²) in [5.41, 5.74) is 1.29. The Labute approximate surface area is 132 Å². The summed E-state index contributed by atoms with van der Waals surface area (Å²) in [6.07, 6.45) is 0.398. The molecule has 1 aromatic carbocycles. The van der Waals surface area contributed by atoms with Crippen molar-refractivity contribution in [3.05, 3.63) is 52.9 Å². The van der Waals surface area contributed by atoms with Gasteiger partial charge in [0.15, 0.2) is 0 Å². The minimum Gasteiger partial charge on any atom is -0.467 e. The smallest absolute Gasteiger partial charge is 0.313 e. The molecule has 2 rings (SSSR count). The van der Waals surface area contributed by atoms with Gasteiger partial charge in [0.2, 0.25) is 0 Å². The minimum absolute atomic E-state index is 0.131. The maximum Gasteiger partial charge on any atom is 0.313 e. The molecule has 2 aromatic rings. The molecule has 0 aliphatic carbocycles. The standard InChI is InChI=1S/C15H15ClN2O4/c1-9-4-5-10(7-11(9)16)18-15(21)14(20)17-8-12(19)13-3-2-6-22-13/h2-7,12,19H,8H2,1H3,(H,17,20)(H,18,21). The maximum absolute atomic E-state index is 11.7. The average Bonchev–Trinajstić information content (AvgIpc) is 3.02. The predicted octanol–water partition coefficient (Wildman–Crippen LogP) is 2.03. The molecule has 0 fully saturated rings. The molecule has 1 aromatic heterocycles. The van der Waals surface area contributed by atoms with E-state index in [0.29, 0.717) is 16.5 Å². The molecule has 0 bridgehead atoms. The van der Waals surface area contributed by atoms with Gasteiger partial charge in [-0.05, 0) is 36.8 Å². The third kappa shape index (κ3) is 4.09. The van der Waals surface area contributed by atoms with Gasteiger partial charge in [-0.25, -0.2) is 0 Å². The van der Waals surface area contributed by atoms with Crippen molar-refractivity contribution in [2.45, 2.75) is 13.0 Å². The van der Waals surface area contributed by atoms with Crippen LogP contribution in [0.2, 0.25) is 5.02 Å². The second-order valence-corrected chi connectivity index (χ2v) is 5.07. The predicted molar refractivity (Wildman–Crippen MR) is 81.5 cm³/mol. The van der Waals surface area contributed by atoms with Crippen LogP contribution in [0.1, 0.15) is 17.4 Å². The number of carbonyl (C=O) groups excluding carboxylic acids is 2. The molecule has 0 saturated carbocycles. The number of aliphatic hydroxyl groups excluding tert-OH is 1. The average molecular weight is 323 g/mol. The lowest BCUT2D eigenvalue weighted by Gasteiger charge is -2.10. The van der Waals surface area contributed by atoms with Gasteiger partial charge in [0, 0.05) is 10.7 Å². The molecule has 0 spiro atoms. The number of aryl methyl sites for hydroxylation is 1. The van der Waals surface area contributed by atoms with E-state index in [1.165, 1.54) is 6.26 Å². The molecule has 116 valence electrons. The third-order valence-electron chi connectivity index (χ3n) is 2.96. The van der Waals surface area contributed by atoms with E-state index in [9.17, 15) is 14.7 Å².